The Hall–Kier alpha value is -4.18. The van der Waals surface area contributed by atoms with Gasteiger partial charge in [0.1, 0.15) is 11.1 Å². The van der Waals surface area contributed by atoms with Crippen LogP contribution in [0.5, 0.6) is 5.88 Å². The van der Waals surface area contributed by atoms with Crippen LogP contribution in [0.15, 0.2) is 24.3 Å². The molecule has 2 aliphatic carbocycles. The molecule has 17 heteroatoms. The lowest BCUT2D eigenvalue weighted by molar-refractivity contribution is -0.182. The van der Waals surface area contributed by atoms with Gasteiger partial charge in [-0.25, -0.2) is 13.8 Å². The summed E-state index contributed by atoms with van der Waals surface area (Å²) >= 11 is 0. The molecule has 2 fully saturated rings. The number of aryl methyl sites for hydroxylation is 1. The molecule has 47 heavy (non-hydrogen) atoms. The van der Waals surface area contributed by atoms with Gasteiger partial charge >= 0.3 is 12.4 Å². The minimum Gasteiger partial charge on any atom is -0.471 e. The highest BCUT2D eigenvalue weighted by molar-refractivity contribution is 5.99. The Balaban J connectivity index is 1.42. The molecule has 2 aliphatic rings. The molecule has 9 nitrogen and oxygen atoms in total. The van der Waals surface area contributed by atoms with Crippen molar-refractivity contribution in [2.75, 3.05) is 11.9 Å². The van der Waals surface area contributed by atoms with E-state index in [-0.39, 0.29) is 66.5 Å². The predicted molar refractivity (Wildman–Crippen MR) is 153 cm³/mol. The van der Waals surface area contributed by atoms with Crippen LogP contribution in [-0.2, 0) is 24.6 Å². The van der Waals surface area contributed by atoms with E-state index in [0.29, 0.717) is 5.56 Å². The van der Waals surface area contributed by atoms with Crippen LogP contribution >= 0.6 is 0 Å². The average molecular weight is 677 g/mol. The van der Waals surface area contributed by atoms with Gasteiger partial charge in [-0.05, 0) is 62.3 Å². The molecule has 0 bridgehead atoms. The number of fused-ring (bicyclic) bond motifs is 1. The van der Waals surface area contributed by atoms with Crippen LogP contribution in [0.25, 0.3) is 11.2 Å². The van der Waals surface area contributed by atoms with E-state index in [1.807, 2.05) is 0 Å². The Morgan fingerprint density at radius 2 is 1.72 bits per heavy atom. The van der Waals surface area contributed by atoms with Crippen LogP contribution in [0.2, 0.25) is 0 Å². The molecule has 2 heterocycles. The number of hydrogen-bond donors (Lipinski definition) is 3. The van der Waals surface area contributed by atoms with Crippen LogP contribution in [0.4, 0.5) is 46.8 Å². The highest BCUT2D eigenvalue weighted by Crippen LogP contribution is 2.45. The zero-order chi connectivity index (χ0) is 34.3. The molecule has 0 spiro atoms. The Morgan fingerprint density at radius 3 is 2.32 bits per heavy atom. The van der Waals surface area contributed by atoms with Gasteiger partial charge in [0, 0.05) is 25.0 Å². The summed E-state index contributed by atoms with van der Waals surface area (Å²) in [6, 6.07) is 3.87. The lowest BCUT2D eigenvalue weighted by atomic mass is 9.85. The van der Waals surface area contributed by atoms with E-state index in [2.05, 4.69) is 25.9 Å². The monoisotopic (exact) mass is 676 g/mol. The second kappa shape index (κ2) is 12.8. The topological polar surface area (TPSA) is 110 Å². The number of benzene rings is 1. The third-order valence-electron chi connectivity index (χ3n) is 8.56. The van der Waals surface area contributed by atoms with Crippen LogP contribution in [-0.4, -0.2) is 51.6 Å². The second-order valence-electron chi connectivity index (χ2n) is 12.2. The van der Waals surface area contributed by atoms with Crippen LogP contribution in [0.3, 0.4) is 0 Å². The van der Waals surface area contributed by atoms with E-state index in [1.165, 1.54) is 29.8 Å². The third-order valence-corrected chi connectivity index (χ3v) is 8.56. The maximum atomic E-state index is 14.0. The Morgan fingerprint density at radius 1 is 1.04 bits per heavy atom. The number of rotatable bonds is 10. The molecule has 256 valence electrons. The van der Waals surface area contributed by atoms with Crippen molar-refractivity contribution in [3.05, 3.63) is 41.0 Å². The van der Waals surface area contributed by atoms with E-state index in [1.54, 1.807) is 6.92 Å². The van der Waals surface area contributed by atoms with Crippen molar-refractivity contribution >= 4 is 34.6 Å². The van der Waals surface area contributed by atoms with Gasteiger partial charge in [-0.15, -0.1) is 0 Å². The molecule has 0 saturated heterocycles. The molecule has 0 radical (unpaired) electrons. The van der Waals surface area contributed by atoms with Gasteiger partial charge < -0.3 is 20.7 Å². The van der Waals surface area contributed by atoms with Crippen molar-refractivity contribution in [1.82, 2.24) is 25.2 Å². The Bertz CT molecular complexity index is 1640. The highest BCUT2D eigenvalue weighted by atomic mass is 19.4. The summed E-state index contributed by atoms with van der Waals surface area (Å²) < 4.78 is 113. The standard InChI is InChI=1S/C30H32F8N6O3/c1-28(9-10-28)26(46)39-13-15-3-8-19(30(36,37)38)20(11-15)41-27-42-21-12-18(25(47-14-22(31)32)43-23(21)44(27)2)24(45)40-17-6-4-16(5-7-17)29(33,34)35/h3,8,11-12,16-17,22H,4-7,9-10,13-14H2,1-2H3,(H,39,46)(H,40,45)(H,41,42)/t16-,17-. The summed E-state index contributed by atoms with van der Waals surface area (Å²) in [6.07, 6.45) is -10.9. The smallest absolute Gasteiger partial charge is 0.418 e. The van der Waals surface area contributed by atoms with E-state index in [9.17, 15) is 44.7 Å². The maximum Gasteiger partial charge on any atom is 0.418 e. The van der Waals surface area contributed by atoms with Crippen molar-refractivity contribution in [3.8, 4) is 5.88 Å². The Kier molecular flexibility index (Phi) is 9.29. The van der Waals surface area contributed by atoms with Crippen molar-refractivity contribution in [2.24, 2.45) is 18.4 Å². The molecule has 0 unspecified atom stereocenters. The van der Waals surface area contributed by atoms with Crippen LogP contribution in [0.1, 0.15) is 66.9 Å². The number of hydrogen-bond acceptors (Lipinski definition) is 6. The molecule has 3 aromatic rings. The number of anilines is 2. The molecule has 1 aromatic carbocycles. The molecule has 2 amide bonds. The van der Waals surface area contributed by atoms with E-state index >= 15 is 0 Å². The number of aromatic nitrogens is 3. The molecular formula is C30H32F8N6O3. The van der Waals surface area contributed by atoms with E-state index in [4.69, 9.17) is 4.74 Å². The molecule has 0 aliphatic heterocycles. The number of halogens is 8. The number of pyridine rings is 1. The van der Waals surface area contributed by atoms with Gasteiger partial charge in [0.25, 0.3) is 12.3 Å². The minimum absolute atomic E-state index is 0.0000182. The third kappa shape index (κ3) is 7.87. The number of imidazole rings is 1. The highest BCUT2D eigenvalue weighted by Gasteiger charge is 2.45. The summed E-state index contributed by atoms with van der Waals surface area (Å²) in [7, 11) is 1.40. The molecule has 3 N–H and O–H groups in total. The quantitative estimate of drug-likeness (QED) is 0.208. The molecular weight excluding hydrogens is 644 g/mol. The fraction of sp³-hybridized carbons (Fsp3) is 0.533. The fourth-order valence-electron chi connectivity index (χ4n) is 5.43. The first-order chi connectivity index (χ1) is 21.9. The van der Waals surface area contributed by atoms with Crippen molar-refractivity contribution in [3.63, 3.8) is 0 Å². The van der Waals surface area contributed by atoms with Gasteiger partial charge in [0.2, 0.25) is 17.7 Å². The SMILES string of the molecule is Cn1c(Nc2cc(CNC(=O)C3(C)CC3)ccc2C(F)(F)F)nc2cc(C(=O)N[C@H]3CC[C@H](C(F)(F)F)CC3)c(OCC(F)F)nc21. The fourth-order valence-corrected chi connectivity index (χ4v) is 5.43. The predicted octanol–water partition coefficient (Wildman–Crippen LogP) is 6.64. The van der Waals surface area contributed by atoms with Gasteiger partial charge in [-0.1, -0.05) is 13.0 Å². The van der Waals surface area contributed by atoms with Gasteiger partial charge in [0.05, 0.1) is 17.2 Å². The van der Waals surface area contributed by atoms with Crippen LogP contribution < -0.4 is 20.7 Å². The van der Waals surface area contributed by atoms with Gasteiger partial charge in [-0.3, -0.25) is 14.2 Å². The maximum absolute atomic E-state index is 14.0. The van der Waals surface area contributed by atoms with E-state index in [0.717, 1.165) is 18.9 Å². The first-order valence-electron chi connectivity index (χ1n) is 14.9. The number of amides is 2. The van der Waals surface area contributed by atoms with Gasteiger partial charge in [0.15, 0.2) is 12.3 Å². The lowest BCUT2D eigenvalue weighted by Crippen LogP contribution is -2.40. The summed E-state index contributed by atoms with van der Waals surface area (Å²) in [5.41, 5.74) is -1.86. The minimum atomic E-state index is -4.77. The number of alkyl halides is 8. The van der Waals surface area contributed by atoms with Gasteiger partial charge in [-0.2, -0.15) is 31.3 Å². The summed E-state index contributed by atoms with van der Waals surface area (Å²) in [5, 5.41) is 7.97. The number of carbonyl (C=O) groups is 2. The molecule has 5 rings (SSSR count). The second-order valence-corrected chi connectivity index (χ2v) is 12.2. The summed E-state index contributed by atoms with van der Waals surface area (Å²) in [5.74, 6) is -3.18. The number of nitrogens with one attached hydrogen (secondary N) is 3. The Labute approximate surface area is 263 Å². The largest absolute Gasteiger partial charge is 0.471 e. The van der Waals surface area contributed by atoms with Crippen molar-refractivity contribution in [1.29, 1.82) is 0 Å². The summed E-state index contributed by atoms with van der Waals surface area (Å²) in [6.45, 7) is 0.645. The van der Waals surface area contributed by atoms with Crippen molar-refractivity contribution < 1.29 is 49.4 Å². The zero-order valence-corrected chi connectivity index (χ0v) is 25.3. The lowest BCUT2D eigenvalue weighted by Gasteiger charge is -2.30. The zero-order valence-electron chi connectivity index (χ0n) is 25.3. The van der Waals surface area contributed by atoms with Crippen molar-refractivity contribution in [2.45, 2.75) is 76.8 Å². The summed E-state index contributed by atoms with van der Waals surface area (Å²) in [4.78, 5) is 34.0. The first kappa shape index (κ1) is 34.2. The number of nitrogens with zero attached hydrogens (tertiary/aromatic N) is 3. The van der Waals surface area contributed by atoms with E-state index < -0.39 is 60.1 Å². The average Bonchev–Trinajstić information content (AvgIpc) is 3.68. The molecule has 2 aromatic heterocycles. The first-order valence-corrected chi connectivity index (χ1v) is 14.9. The molecule has 2 saturated carbocycles. The van der Waals surface area contributed by atoms with Crippen LogP contribution in [0, 0.1) is 11.3 Å². The normalized spacial score (nSPS) is 19.5. The number of ether oxygens (including phenoxy) is 1. The number of carbonyl (C=O) groups excluding carboxylic acids is 2. The molecule has 0 atom stereocenters.